The fraction of sp³-hybridized carbons (Fsp3) is 0.188. The largest absolute Gasteiger partial charge is 0.326 e. The SMILES string of the molecule is CC(Cn1cc(Cl)cn1)C(=O)Nc1ccc(S(=O)(=O)Nc2nccs2)cc1. The van der Waals surface area contributed by atoms with Crippen LogP contribution in [-0.2, 0) is 21.4 Å². The van der Waals surface area contributed by atoms with Gasteiger partial charge in [0.2, 0.25) is 5.91 Å². The molecule has 0 spiro atoms. The fourth-order valence-electron chi connectivity index (χ4n) is 2.23. The van der Waals surface area contributed by atoms with E-state index in [4.69, 9.17) is 11.6 Å². The van der Waals surface area contributed by atoms with Crippen LogP contribution in [-0.4, -0.2) is 29.1 Å². The van der Waals surface area contributed by atoms with Gasteiger partial charge in [-0.15, -0.1) is 11.3 Å². The van der Waals surface area contributed by atoms with Crippen molar-refractivity contribution in [2.45, 2.75) is 18.4 Å². The lowest BCUT2D eigenvalue weighted by molar-refractivity contribution is -0.119. The number of thiazole rings is 1. The molecule has 8 nitrogen and oxygen atoms in total. The van der Waals surface area contributed by atoms with Crippen molar-refractivity contribution in [3.63, 3.8) is 0 Å². The van der Waals surface area contributed by atoms with E-state index in [1.807, 2.05) is 0 Å². The second-order valence-corrected chi connectivity index (χ2v) is 8.75. The predicted molar refractivity (Wildman–Crippen MR) is 104 cm³/mol. The molecule has 2 heterocycles. The number of benzene rings is 1. The standard InChI is InChI=1S/C16H16ClN5O3S2/c1-11(9-22-10-12(17)8-19-22)15(23)20-13-2-4-14(5-3-13)27(24,25)21-16-18-6-7-26-16/h2-8,10-11H,9H2,1H3,(H,18,21)(H,20,23). The summed E-state index contributed by atoms with van der Waals surface area (Å²) < 4.78 is 28.6. The first kappa shape index (κ1) is 19.3. The third kappa shape index (κ3) is 5.06. The number of rotatable bonds is 7. The number of halogens is 1. The zero-order valence-corrected chi connectivity index (χ0v) is 16.6. The number of hydrogen-bond donors (Lipinski definition) is 2. The maximum absolute atomic E-state index is 12.3. The summed E-state index contributed by atoms with van der Waals surface area (Å²) in [5.41, 5.74) is 0.499. The summed E-state index contributed by atoms with van der Waals surface area (Å²) in [5.74, 6) is -0.561. The molecule has 1 atom stereocenters. The highest BCUT2D eigenvalue weighted by atomic mass is 35.5. The van der Waals surface area contributed by atoms with Crippen LogP contribution in [0.5, 0.6) is 0 Å². The van der Waals surface area contributed by atoms with Crippen molar-refractivity contribution in [2.24, 2.45) is 5.92 Å². The number of carbonyl (C=O) groups is 1. The van der Waals surface area contributed by atoms with Gasteiger partial charge in [0.1, 0.15) is 0 Å². The summed E-state index contributed by atoms with van der Waals surface area (Å²) >= 11 is 7.00. The minimum atomic E-state index is -3.72. The number of aromatic nitrogens is 3. The lowest BCUT2D eigenvalue weighted by atomic mass is 10.1. The monoisotopic (exact) mass is 425 g/mol. The average Bonchev–Trinajstić information content (AvgIpc) is 3.26. The van der Waals surface area contributed by atoms with Crippen LogP contribution in [0.4, 0.5) is 10.8 Å². The van der Waals surface area contributed by atoms with E-state index in [0.717, 1.165) is 0 Å². The summed E-state index contributed by atoms with van der Waals surface area (Å²) in [5, 5.41) is 9.27. The first-order chi connectivity index (χ1) is 12.8. The van der Waals surface area contributed by atoms with E-state index < -0.39 is 10.0 Å². The van der Waals surface area contributed by atoms with Gasteiger partial charge in [-0.3, -0.25) is 14.2 Å². The van der Waals surface area contributed by atoms with Crippen LogP contribution in [0.25, 0.3) is 0 Å². The summed E-state index contributed by atoms with van der Waals surface area (Å²) in [6.07, 6.45) is 4.66. The predicted octanol–water partition coefficient (Wildman–Crippen LogP) is 3.07. The minimum absolute atomic E-state index is 0.0786. The van der Waals surface area contributed by atoms with E-state index in [1.54, 1.807) is 23.2 Å². The Hall–Kier alpha value is -2.43. The van der Waals surface area contributed by atoms with Gasteiger partial charge < -0.3 is 5.32 Å². The molecule has 3 rings (SSSR count). The van der Waals surface area contributed by atoms with Crippen LogP contribution in [0.3, 0.4) is 0 Å². The Morgan fingerprint density at radius 3 is 2.67 bits per heavy atom. The van der Waals surface area contributed by atoms with Crippen molar-refractivity contribution in [2.75, 3.05) is 10.0 Å². The van der Waals surface area contributed by atoms with E-state index in [0.29, 0.717) is 22.4 Å². The Morgan fingerprint density at radius 2 is 2.07 bits per heavy atom. The molecule has 3 aromatic rings. The third-order valence-electron chi connectivity index (χ3n) is 3.60. The van der Waals surface area contributed by atoms with Gasteiger partial charge in [0.25, 0.3) is 10.0 Å². The lowest BCUT2D eigenvalue weighted by Gasteiger charge is -2.13. The van der Waals surface area contributed by atoms with Gasteiger partial charge in [-0.1, -0.05) is 18.5 Å². The second kappa shape index (κ2) is 8.07. The van der Waals surface area contributed by atoms with E-state index >= 15 is 0 Å². The molecule has 2 aromatic heterocycles. The van der Waals surface area contributed by atoms with Crippen molar-refractivity contribution in [1.29, 1.82) is 0 Å². The van der Waals surface area contributed by atoms with E-state index in [1.165, 1.54) is 48.0 Å². The number of nitrogens with zero attached hydrogens (tertiary/aromatic N) is 3. The Bertz CT molecular complexity index is 1020. The van der Waals surface area contributed by atoms with Crippen LogP contribution in [0, 0.1) is 5.92 Å². The van der Waals surface area contributed by atoms with Crippen LogP contribution >= 0.6 is 22.9 Å². The Balaban J connectivity index is 1.62. The highest BCUT2D eigenvalue weighted by Crippen LogP contribution is 2.20. The molecule has 142 valence electrons. The van der Waals surface area contributed by atoms with Crippen molar-refractivity contribution >= 4 is 49.7 Å². The van der Waals surface area contributed by atoms with Gasteiger partial charge >= 0.3 is 0 Å². The smallest absolute Gasteiger partial charge is 0.263 e. The molecule has 0 aliphatic carbocycles. The Labute approximate surface area is 165 Å². The molecule has 1 amide bonds. The number of amides is 1. The van der Waals surface area contributed by atoms with Gasteiger partial charge in [0.15, 0.2) is 5.13 Å². The molecular formula is C16H16ClN5O3S2. The summed E-state index contributed by atoms with van der Waals surface area (Å²) in [4.78, 5) is 16.3. The minimum Gasteiger partial charge on any atom is -0.326 e. The van der Waals surface area contributed by atoms with Gasteiger partial charge in [-0.25, -0.2) is 13.4 Å². The Kier molecular flexibility index (Phi) is 5.78. The second-order valence-electron chi connectivity index (χ2n) is 5.74. The number of sulfonamides is 1. The highest BCUT2D eigenvalue weighted by Gasteiger charge is 2.17. The van der Waals surface area contributed by atoms with E-state index in [2.05, 4.69) is 20.1 Å². The van der Waals surface area contributed by atoms with Crippen molar-refractivity contribution in [1.82, 2.24) is 14.8 Å². The van der Waals surface area contributed by atoms with Gasteiger partial charge in [-0.05, 0) is 24.3 Å². The number of nitrogens with one attached hydrogen (secondary N) is 2. The van der Waals surface area contributed by atoms with Crippen molar-refractivity contribution < 1.29 is 13.2 Å². The highest BCUT2D eigenvalue weighted by molar-refractivity contribution is 7.93. The van der Waals surface area contributed by atoms with Crippen LogP contribution in [0.15, 0.2) is 53.1 Å². The molecule has 0 bridgehead atoms. The zero-order valence-electron chi connectivity index (χ0n) is 14.2. The third-order valence-corrected chi connectivity index (χ3v) is 5.96. The van der Waals surface area contributed by atoms with Gasteiger partial charge in [-0.2, -0.15) is 5.10 Å². The van der Waals surface area contributed by atoms with Gasteiger partial charge in [0, 0.05) is 23.5 Å². The molecule has 1 aromatic carbocycles. The normalized spacial score (nSPS) is 12.5. The first-order valence-electron chi connectivity index (χ1n) is 7.85. The number of carbonyl (C=O) groups excluding carboxylic acids is 1. The van der Waals surface area contributed by atoms with Crippen molar-refractivity contribution in [3.8, 4) is 0 Å². The van der Waals surface area contributed by atoms with Gasteiger partial charge in [0.05, 0.1) is 28.6 Å². The fourth-order valence-corrected chi connectivity index (χ4v) is 4.18. The van der Waals surface area contributed by atoms with Crippen LogP contribution in [0.1, 0.15) is 6.92 Å². The van der Waals surface area contributed by atoms with Crippen molar-refractivity contribution in [3.05, 3.63) is 53.3 Å². The number of anilines is 2. The maximum Gasteiger partial charge on any atom is 0.263 e. The molecule has 1 unspecified atom stereocenters. The first-order valence-corrected chi connectivity index (χ1v) is 10.6. The molecule has 0 radical (unpaired) electrons. The Morgan fingerprint density at radius 1 is 1.33 bits per heavy atom. The molecule has 0 saturated heterocycles. The van der Waals surface area contributed by atoms with E-state index in [-0.39, 0.29) is 16.7 Å². The average molecular weight is 426 g/mol. The molecule has 0 saturated carbocycles. The van der Waals surface area contributed by atoms with Crippen LogP contribution < -0.4 is 10.0 Å². The summed E-state index contributed by atoms with van der Waals surface area (Å²) in [6.45, 7) is 2.14. The molecule has 11 heteroatoms. The lowest BCUT2D eigenvalue weighted by Crippen LogP contribution is -2.24. The van der Waals surface area contributed by atoms with E-state index in [9.17, 15) is 13.2 Å². The zero-order chi connectivity index (χ0) is 19.4. The number of hydrogen-bond acceptors (Lipinski definition) is 6. The molecule has 0 aliphatic rings. The summed E-state index contributed by atoms with van der Waals surface area (Å²) in [7, 11) is -3.72. The quantitative estimate of drug-likeness (QED) is 0.605. The van der Waals surface area contributed by atoms with Crippen LogP contribution in [0.2, 0.25) is 5.02 Å². The summed E-state index contributed by atoms with van der Waals surface area (Å²) in [6, 6.07) is 5.91. The molecular weight excluding hydrogens is 410 g/mol. The maximum atomic E-state index is 12.3. The molecule has 27 heavy (non-hydrogen) atoms. The molecule has 0 aliphatic heterocycles. The molecule has 2 N–H and O–H groups in total. The molecule has 0 fully saturated rings. The topological polar surface area (TPSA) is 106 Å².